The lowest BCUT2D eigenvalue weighted by Crippen LogP contribution is -2.52. The number of nitrogens with two attached hydrogens (primary N) is 1. The van der Waals surface area contributed by atoms with E-state index in [2.05, 4.69) is 16.7 Å². The number of amides is 1. The average Bonchev–Trinajstić information content (AvgIpc) is 2.44. The molecular formula is C14H30N4O. The molecule has 112 valence electrons. The van der Waals surface area contributed by atoms with E-state index in [9.17, 15) is 4.79 Å². The van der Waals surface area contributed by atoms with Gasteiger partial charge in [-0.05, 0) is 26.3 Å². The Labute approximate surface area is 117 Å². The Morgan fingerprint density at radius 1 is 1.26 bits per heavy atom. The predicted molar refractivity (Wildman–Crippen MR) is 79.1 cm³/mol. The van der Waals surface area contributed by atoms with Crippen LogP contribution in [-0.2, 0) is 4.79 Å². The number of hydrogen-bond acceptors (Lipinski definition) is 4. The van der Waals surface area contributed by atoms with E-state index in [0.29, 0.717) is 12.6 Å². The van der Waals surface area contributed by atoms with E-state index in [4.69, 9.17) is 5.73 Å². The monoisotopic (exact) mass is 270 g/mol. The van der Waals surface area contributed by atoms with Crippen LogP contribution in [0.3, 0.4) is 0 Å². The van der Waals surface area contributed by atoms with Gasteiger partial charge in [0.1, 0.15) is 0 Å². The SMILES string of the molecule is CCC(CCN)N1CCN(CC(=O)N(C)CC)CC1. The summed E-state index contributed by atoms with van der Waals surface area (Å²) in [4.78, 5) is 18.4. The zero-order valence-corrected chi connectivity index (χ0v) is 12.8. The normalized spacial score (nSPS) is 19.4. The molecule has 1 amide bonds. The molecule has 0 aromatic rings. The van der Waals surface area contributed by atoms with E-state index in [1.165, 1.54) is 0 Å². The van der Waals surface area contributed by atoms with Gasteiger partial charge in [-0.3, -0.25) is 14.6 Å². The molecule has 0 spiro atoms. The van der Waals surface area contributed by atoms with Crippen molar-refractivity contribution >= 4 is 5.91 Å². The Hall–Kier alpha value is -0.650. The molecule has 1 aliphatic heterocycles. The maximum Gasteiger partial charge on any atom is 0.236 e. The fourth-order valence-electron chi connectivity index (χ4n) is 2.61. The van der Waals surface area contributed by atoms with Crippen LogP contribution in [-0.4, -0.2) is 79.5 Å². The molecule has 0 radical (unpaired) electrons. The first-order valence-electron chi connectivity index (χ1n) is 7.52. The minimum atomic E-state index is 0.227. The van der Waals surface area contributed by atoms with Crippen LogP contribution in [0.15, 0.2) is 0 Å². The Balaban J connectivity index is 2.34. The van der Waals surface area contributed by atoms with Gasteiger partial charge in [0.2, 0.25) is 5.91 Å². The van der Waals surface area contributed by atoms with Crippen molar-refractivity contribution in [2.45, 2.75) is 32.7 Å². The zero-order chi connectivity index (χ0) is 14.3. The summed E-state index contributed by atoms with van der Waals surface area (Å²) >= 11 is 0. The van der Waals surface area contributed by atoms with Crippen molar-refractivity contribution in [2.75, 3.05) is 52.9 Å². The van der Waals surface area contributed by atoms with E-state index in [0.717, 1.165) is 52.1 Å². The quantitative estimate of drug-likeness (QED) is 0.718. The third-order valence-corrected chi connectivity index (χ3v) is 4.15. The molecule has 0 aliphatic carbocycles. The minimum absolute atomic E-state index is 0.227. The van der Waals surface area contributed by atoms with Gasteiger partial charge in [-0.1, -0.05) is 6.92 Å². The summed E-state index contributed by atoms with van der Waals surface area (Å²) in [6, 6.07) is 0.612. The fraction of sp³-hybridized carbons (Fsp3) is 0.929. The van der Waals surface area contributed by atoms with Gasteiger partial charge in [-0.15, -0.1) is 0 Å². The van der Waals surface area contributed by atoms with Gasteiger partial charge in [0.25, 0.3) is 0 Å². The second-order valence-electron chi connectivity index (χ2n) is 5.36. The largest absolute Gasteiger partial charge is 0.345 e. The molecule has 1 atom stereocenters. The average molecular weight is 270 g/mol. The third-order valence-electron chi connectivity index (χ3n) is 4.15. The summed E-state index contributed by atoms with van der Waals surface area (Å²) in [5, 5.41) is 0. The molecule has 1 fully saturated rings. The summed E-state index contributed by atoms with van der Waals surface area (Å²) in [5.74, 6) is 0.227. The summed E-state index contributed by atoms with van der Waals surface area (Å²) in [5.41, 5.74) is 5.67. The van der Waals surface area contributed by atoms with Gasteiger partial charge in [0, 0.05) is 45.8 Å². The van der Waals surface area contributed by atoms with Crippen LogP contribution in [0.5, 0.6) is 0 Å². The van der Waals surface area contributed by atoms with E-state index in [-0.39, 0.29) is 5.91 Å². The number of rotatable bonds is 7. The van der Waals surface area contributed by atoms with Crippen LogP contribution in [0.1, 0.15) is 26.7 Å². The Kier molecular flexibility index (Phi) is 7.34. The van der Waals surface area contributed by atoms with Gasteiger partial charge >= 0.3 is 0 Å². The molecule has 1 heterocycles. The van der Waals surface area contributed by atoms with Crippen LogP contribution < -0.4 is 5.73 Å². The molecule has 1 aliphatic rings. The maximum absolute atomic E-state index is 11.9. The second-order valence-corrected chi connectivity index (χ2v) is 5.36. The summed E-state index contributed by atoms with van der Waals surface area (Å²) < 4.78 is 0. The van der Waals surface area contributed by atoms with Crippen LogP contribution >= 0.6 is 0 Å². The molecule has 1 rings (SSSR count). The molecule has 1 unspecified atom stereocenters. The molecule has 5 nitrogen and oxygen atoms in total. The summed E-state index contributed by atoms with van der Waals surface area (Å²) in [6.07, 6.45) is 2.24. The highest BCUT2D eigenvalue weighted by atomic mass is 16.2. The first-order valence-corrected chi connectivity index (χ1v) is 7.52. The third kappa shape index (κ3) is 5.09. The molecule has 19 heavy (non-hydrogen) atoms. The van der Waals surface area contributed by atoms with Crippen molar-refractivity contribution in [3.05, 3.63) is 0 Å². The summed E-state index contributed by atoms with van der Waals surface area (Å²) in [7, 11) is 1.87. The van der Waals surface area contributed by atoms with Crippen LogP contribution in [0, 0.1) is 0 Å². The van der Waals surface area contributed by atoms with Gasteiger partial charge < -0.3 is 10.6 Å². The van der Waals surface area contributed by atoms with Gasteiger partial charge in [0.15, 0.2) is 0 Å². The highest BCUT2D eigenvalue weighted by molar-refractivity contribution is 5.77. The van der Waals surface area contributed by atoms with E-state index < -0.39 is 0 Å². The highest BCUT2D eigenvalue weighted by Gasteiger charge is 2.23. The van der Waals surface area contributed by atoms with Crippen molar-refractivity contribution in [2.24, 2.45) is 5.73 Å². The number of likely N-dealkylation sites (N-methyl/N-ethyl adjacent to an activating group) is 1. The summed E-state index contributed by atoms with van der Waals surface area (Å²) in [6.45, 7) is 10.4. The predicted octanol–water partition coefficient (Wildman–Crippen LogP) is 0.210. The first-order chi connectivity index (χ1) is 9.12. The molecular weight excluding hydrogens is 240 g/mol. The molecule has 1 saturated heterocycles. The van der Waals surface area contributed by atoms with Crippen LogP contribution in [0.2, 0.25) is 0 Å². The standard InChI is InChI=1S/C14H30N4O/c1-4-13(6-7-15)18-10-8-17(9-11-18)12-14(19)16(3)5-2/h13H,4-12,15H2,1-3H3. The molecule has 2 N–H and O–H groups in total. The highest BCUT2D eigenvalue weighted by Crippen LogP contribution is 2.11. The van der Waals surface area contributed by atoms with E-state index in [1.807, 2.05) is 14.0 Å². The van der Waals surface area contributed by atoms with E-state index >= 15 is 0 Å². The lowest BCUT2D eigenvalue weighted by Gasteiger charge is -2.39. The number of carbonyl (C=O) groups is 1. The first kappa shape index (κ1) is 16.4. The number of piperazine rings is 1. The Bertz CT molecular complexity index is 264. The molecule has 0 aromatic heterocycles. The van der Waals surface area contributed by atoms with Crippen molar-refractivity contribution in [3.63, 3.8) is 0 Å². The Morgan fingerprint density at radius 3 is 2.37 bits per heavy atom. The van der Waals surface area contributed by atoms with Gasteiger partial charge in [-0.25, -0.2) is 0 Å². The number of hydrogen-bond donors (Lipinski definition) is 1. The van der Waals surface area contributed by atoms with Gasteiger partial charge in [0.05, 0.1) is 6.54 Å². The van der Waals surface area contributed by atoms with Crippen LogP contribution in [0.25, 0.3) is 0 Å². The molecule has 0 saturated carbocycles. The van der Waals surface area contributed by atoms with Crippen molar-refractivity contribution in [1.29, 1.82) is 0 Å². The minimum Gasteiger partial charge on any atom is -0.345 e. The van der Waals surface area contributed by atoms with Crippen molar-refractivity contribution in [1.82, 2.24) is 14.7 Å². The lowest BCUT2D eigenvalue weighted by molar-refractivity contribution is -0.131. The molecule has 0 aromatic carbocycles. The molecule has 5 heteroatoms. The van der Waals surface area contributed by atoms with Gasteiger partial charge in [-0.2, -0.15) is 0 Å². The van der Waals surface area contributed by atoms with E-state index in [1.54, 1.807) is 4.90 Å². The number of carbonyl (C=O) groups excluding carboxylic acids is 1. The Morgan fingerprint density at radius 2 is 1.89 bits per heavy atom. The van der Waals surface area contributed by atoms with Crippen molar-refractivity contribution in [3.8, 4) is 0 Å². The number of nitrogens with zero attached hydrogens (tertiary/aromatic N) is 3. The van der Waals surface area contributed by atoms with Crippen LogP contribution in [0.4, 0.5) is 0 Å². The van der Waals surface area contributed by atoms with Crippen molar-refractivity contribution < 1.29 is 4.79 Å². The fourth-order valence-corrected chi connectivity index (χ4v) is 2.61. The zero-order valence-electron chi connectivity index (χ0n) is 12.8. The second kappa shape index (κ2) is 8.51. The maximum atomic E-state index is 11.9. The molecule has 0 bridgehead atoms. The lowest BCUT2D eigenvalue weighted by atomic mass is 10.1. The smallest absolute Gasteiger partial charge is 0.236 e. The topological polar surface area (TPSA) is 52.8 Å².